The van der Waals surface area contributed by atoms with Crippen molar-refractivity contribution in [1.82, 2.24) is 19.8 Å². The van der Waals surface area contributed by atoms with Gasteiger partial charge in [0.15, 0.2) is 0 Å². The Bertz CT molecular complexity index is 797. The summed E-state index contributed by atoms with van der Waals surface area (Å²) in [5, 5.41) is 2.85. The van der Waals surface area contributed by atoms with E-state index in [-0.39, 0.29) is 23.8 Å². The molecule has 1 aromatic heterocycles. The summed E-state index contributed by atoms with van der Waals surface area (Å²) >= 11 is 0. The number of methoxy groups -OCH3 is 1. The number of amides is 2. The maximum absolute atomic E-state index is 13.8. The van der Waals surface area contributed by atoms with E-state index in [4.69, 9.17) is 9.72 Å². The summed E-state index contributed by atoms with van der Waals surface area (Å²) in [6.45, 7) is 4.61. The van der Waals surface area contributed by atoms with Gasteiger partial charge in [0.1, 0.15) is 5.82 Å². The van der Waals surface area contributed by atoms with Gasteiger partial charge < -0.3 is 19.5 Å². The summed E-state index contributed by atoms with van der Waals surface area (Å²) in [4.78, 5) is 32.8. The van der Waals surface area contributed by atoms with Crippen molar-refractivity contribution in [3.05, 3.63) is 17.7 Å². The fraction of sp³-hybridized carbons (Fsp3) is 0.783. The van der Waals surface area contributed by atoms with E-state index in [1.165, 1.54) is 19.3 Å². The number of carbonyl (C=O) groups excluding carboxylic acids is 2. The molecule has 5 aliphatic rings. The molecule has 4 aliphatic carbocycles. The lowest BCUT2D eigenvalue weighted by atomic mass is 9.49. The van der Waals surface area contributed by atoms with E-state index in [1.54, 1.807) is 7.11 Å². The number of carbonyl (C=O) groups is 2. The molecule has 1 aliphatic heterocycles. The van der Waals surface area contributed by atoms with Crippen molar-refractivity contribution in [3.8, 4) is 0 Å². The highest BCUT2D eigenvalue weighted by Crippen LogP contribution is 2.61. The van der Waals surface area contributed by atoms with Crippen LogP contribution >= 0.6 is 0 Å². The predicted octanol–water partition coefficient (Wildman–Crippen LogP) is 2.31. The highest BCUT2D eigenvalue weighted by atomic mass is 16.5. The van der Waals surface area contributed by atoms with Crippen molar-refractivity contribution in [1.29, 1.82) is 0 Å². The third kappa shape index (κ3) is 3.45. The number of rotatable bonds is 6. The van der Waals surface area contributed by atoms with Crippen LogP contribution in [0.5, 0.6) is 0 Å². The standard InChI is InChI=1S/C23H34N4O3/c1-15-21-25-19(10-20(28)24-3-6-30-2)14-26(21)4-5-27(15)22(29)23-11-16-7-17(12-23)9-18(8-16)13-23/h14-18H,3-13H2,1-2H3,(H,24,28)/t15-,16?,17?,18?,23?/m0/s1. The van der Waals surface area contributed by atoms with Crippen LogP contribution < -0.4 is 5.32 Å². The molecule has 4 bridgehead atoms. The SMILES string of the molecule is COCCNC(=O)Cc1cn2c(n1)[C@H](C)N(C(=O)C13CC4CC(CC(C4)C1)C3)CC2. The van der Waals surface area contributed by atoms with Gasteiger partial charge in [0, 0.05) is 32.9 Å². The van der Waals surface area contributed by atoms with Crippen molar-refractivity contribution in [2.75, 3.05) is 26.8 Å². The molecule has 4 fully saturated rings. The zero-order valence-corrected chi connectivity index (χ0v) is 18.2. The molecule has 1 atom stereocenters. The first-order valence-electron chi connectivity index (χ1n) is 11.6. The molecule has 0 spiro atoms. The molecule has 4 saturated carbocycles. The highest BCUT2D eigenvalue weighted by molar-refractivity contribution is 5.84. The minimum absolute atomic E-state index is 0.0374. The van der Waals surface area contributed by atoms with Crippen LogP contribution in [0.25, 0.3) is 0 Å². The van der Waals surface area contributed by atoms with Crippen LogP contribution in [-0.4, -0.2) is 53.1 Å². The van der Waals surface area contributed by atoms with E-state index in [2.05, 4.69) is 21.7 Å². The van der Waals surface area contributed by atoms with Gasteiger partial charge in [0.2, 0.25) is 11.8 Å². The number of nitrogens with zero attached hydrogens (tertiary/aromatic N) is 3. The van der Waals surface area contributed by atoms with Gasteiger partial charge in [0.05, 0.1) is 30.2 Å². The van der Waals surface area contributed by atoms with Crippen molar-refractivity contribution < 1.29 is 14.3 Å². The van der Waals surface area contributed by atoms with Crippen molar-refractivity contribution in [2.45, 2.75) is 64.5 Å². The quantitative estimate of drug-likeness (QED) is 0.725. The molecule has 30 heavy (non-hydrogen) atoms. The summed E-state index contributed by atoms with van der Waals surface area (Å²) in [5.74, 6) is 3.55. The molecule has 1 aromatic rings. The van der Waals surface area contributed by atoms with Crippen LogP contribution in [0.4, 0.5) is 0 Å². The van der Waals surface area contributed by atoms with Crippen LogP contribution in [-0.2, 0) is 27.3 Å². The van der Waals surface area contributed by atoms with Crippen LogP contribution in [0.3, 0.4) is 0 Å². The van der Waals surface area contributed by atoms with E-state index in [1.807, 2.05) is 6.20 Å². The molecule has 7 heteroatoms. The lowest BCUT2D eigenvalue weighted by Gasteiger charge is -2.57. The molecular formula is C23H34N4O3. The van der Waals surface area contributed by atoms with Gasteiger partial charge in [-0.1, -0.05) is 0 Å². The third-order valence-corrected chi connectivity index (χ3v) is 8.00. The lowest BCUT2D eigenvalue weighted by Crippen LogP contribution is -2.56. The first-order chi connectivity index (χ1) is 14.5. The fourth-order valence-electron chi connectivity index (χ4n) is 7.11. The van der Waals surface area contributed by atoms with Crippen molar-refractivity contribution >= 4 is 11.8 Å². The zero-order chi connectivity index (χ0) is 20.9. The van der Waals surface area contributed by atoms with Crippen LogP contribution in [0.1, 0.15) is 63.0 Å². The maximum atomic E-state index is 13.8. The number of nitrogens with one attached hydrogen (secondary N) is 1. The van der Waals surface area contributed by atoms with Crippen LogP contribution in [0.15, 0.2) is 6.20 Å². The number of fused-ring (bicyclic) bond motifs is 1. The van der Waals surface area contributed by atoms with Gasteiger partial charge in [-0.05, 0) is 63.2 Å². The Morgan fingerprint density at radius 1 is 1.17 bits per heavy atom. The molecule has 7 nitrogen and oxygen atoms in total. The number of ether oxygens (including phenoxy) is 1. The average molecular weight is 415 g/mol. The summed E-state index contributed by atoms with van der Waals surface area (Å²) in [5.41, 5.74) is 0.665. The second-order valence-electron chi connectivity index (χ2n) is 10.2. The fourth-order valence-corrected chi connectivity index (χ4v) is 7.11. The Morgan fingerprint density at radius 2 is 1.83 bits per heavy atom. The normalized spacial score (nSPS) is 34.1. The van der Waals surface area contributed by atoms with E-state index < -0.39 is 0 Å². The average Bonchev–Trinajstić information content (AvgIpc) is 3.10. The first kappa shape index (κ1) is 20.0. The lowest BCUT2D eigenvalue weighted by molar-refractivity contribution is -0.161. The molecule has 0 unspecified atom stereocenters. The Hall–Kier alpha value is -1.89. The van der Waals surface area contributed by atoms with E-state index in [0.717, 1.165) is 61.6 Å². The maximum Gasteiger partial charge on any atom is 0.229 e. The van der Waals surface area contributed by atoms with Gasteiger partial charge in [-0.3, -0.25) is 9.59 Å². The second-order valence-corrected chi connectivity index (χ2v) is 10.2. The Balaban J connectivity index is 1.28. The largest absolute Gasteiger partial charge is 0.383 e. The smallest absolute Gasteiger partial charge is 0.229 e. The molecule has 1 N–H and O–H groups in total. The predicted molar refractivity (Wildman–Crippen MR) is 112 cm³/mol. The minimum Gasteiger partial charge on any atom is -0.383 e. The first-order valence-corrected chi connectivity index (χ1v) is 11.6. The van der Waals surface area contributed by atoms with Gasteiger partial charge >= 0.3 is 0 Å². The number of hydrogen-bond donors (Lipinski definition) is 1. The summed E-state index contributed by atoms with van der Waals surface area (Å²) in [6.07, 6.45) is 9.59. The molecule has 2 heterocycles. The van der Waals surface area contributed by atoms with Crippen LogP contribution in [0, 0.1) is 23.2 Å². The number of imidazole rings is 1. The monoisotopic (exact) mass is 414 g/mol. The van der Waals surface area contributed by atoms with Gasteiger partial charge in [0.25, 0.3) is 0 Å². The van der Waals surface area contributed by atoms with Crippen molar-refractivity contribution in [2.24, 2.45) is 23.2 Å². The Morgan fingerprint density at radius 3 is 2.47 bits per heavy atom. The second kappa shape index (κ2) is 7.66. The molecule has 0 aromatic carbocycles. The number of aromatic nitrogens is 2. The van der Waals surface area contributed by atoms with E-state index in [9.17, 15) is 9.59 Å². The van der Waals surface area contributed by atoms with Gasteiger partial charge in [-0.15, -0.1) is 0 Å². The van der Waals surface area contributed by atoms with Gasteiger partial charge in [-0.25, -0.2) is 4.98 Å². The van der Waals surface area contributed by atoms with Crippen LogP contribution in [0.2, 0.25) is 0 Å². The molecule has 6 rings (SSSR count). The summed E-state index contributed by atoms with van der Waals surface area (Å²) < 4.78 is 7.10. The Kier molecular flexibility index (Phi) is 5.12. The Labute approximate surface area is 178 Å². The zero-order valence-electron chi connectivity index (χ0n) is 18.2. The summed E-state index contributed by atoms with van der Waals surface area (Å²) in [6, 6.07) is -0.0374. The topological polar surface area (TPSA) is 76.5 Å². The van der Waals surface area contributed by atoms with Crippen molar-refractivity contribution in [3.63, 3.8) is 0 Å². The molecule has 164 valence electrons. The van der Waals surface area contributed by atoms with E-state index in [0.29, 0.717) is 19.1 Å². The highest BCUT2D eigenvalue weighted by Gasteiger charge is 2.56. The van der Waals surface area contributed by atoms with E-state index >= 15 is 0 Å². The number of hydrogen-bond acceptors (Lipinski definition) is 4. The molecule has 0 saturated heterocycles. The van der Waals surface area contributed by atoms with Gasteiger partial charge in [-0.2, -0.15) is 0 Å². The molecular weight excluding hydrogens is 380 g/mol. The molecule has 0 radical (unpaired) electrons. The molecule has 2 amide bonds. The third-order valence-electron chi connectivity index (χ3n) is 8.00. The minimum atomic E-state index is -0.109. The summed E-state index contributed by atoms with van der Waals surface area (Å²) in [7, 11) is 1.62.